The zero-order valence-corrected chi connectivity index (χ0v) is 51.2. The minimum atomic E-state index is 0. The summed E-state index contributed by atoms with van der Waals surface area (Å²) in [4.78, 5) is 1.75. The molecule has 0 fully saturated rings. The molecule has 0 saturated carbocycles. The van der Waals surface area contributed by atoms with Crippen molar-refractivity contribution >= 4 is 61.2 Å². The topological polar surface area (TPSA) is 143 Å². The normalized spacial score (nSPS) is 3.08. The molecule has 0 saturated heterocycles. The van der Waals surface area contributed by atoms with Gasteiger partial charge in [-0.05, 0) is 286 Å². The van der Waals surface area contributed by atoms with Gasteiger partial charge in [0.15, 0.2) is 0 Å². The number of nitrogens with zero attached hydrogens (tertiary/aromatic N) is 4. The minimum Gasteiger partial charge on any atom is -0.344 e. The second kappa shape index (κ2) is 207. The maximum atomic E-state index is 6.86. The van der Waals surface area contributed by atoms with Crippen LogP contribution in [0.3, 0.4) is 0 Å². The molecule has 0 atom stereocenters. The van der Waals surface area contributed by atoms with Gasteiger partial charge in [0.1, 0.15) is 0 Å². The molecule has 0 aliphatic rings. The molecular weight excluding hydrogens is 1450 g/mol. The second-order valence-corrected chi connectivity index (χ2v) is 7.04. The standard InChI is InChI=1S/C11H4.C10H2.C9H4.C8H6.C7H4.C6H2.C5H4.C4H6.C3H4.C2H2.CH4.I2.HI.HN3.N2.H3N.Pt/c1-3-5-7-9-11-10-8-6-4-2;1-3-5-7-9-10-8-6-4-2;1-3-5-7-9-8-6-4-2;1-3-5-7-8-6-4-2;1-3-5-7-6-4-2;1-3-5-6-4-2;1-3-5-4-2;1-3-4-2;1-3-2;1-2;;1-2;;1-3-2;1-2;;/h1H,2H3;1-2H;1H,2H3;1-2H3;1H,2H3;1-2H;1H,2H3;1-2H3;1H,2H3;1-2H;1H4;;1H;1H;;1H3;. The zero-order valence-electron chi connectivity index (χ0n) is 42.3. The average Bonchev–Trinajstić information content (AvgIpc) is 3.41. The summed E-state index contributed by atoms with van der Waals surface area (Å²) in [6.45, 7) is 15.6. The van der Waals surface area contributed by atoms with Gasteiger partial charge in [-0.1, -0.05) is 42.9 Å². The molecule has 0 aromatic heterocycles. The molecule has 0 rings (SSSR count). The van der Waals surface area contributed by atoms with Crippen molar-refractivity contribution in [1.29, 1.82) is 16.3 Å². The van der Waals surface area contributed by atoms with Gasteiger partial charge in [-0.2, -0.15) is 0 Å². The molecule has 0 radical (unpaired) electrons. The van der Waals surface area contributed by atoms with Gasteiger partial charge in [-0.3, -0.25) is 0 Å². The molecule has 0 bridgehead atoms. The van der Waals surface area contributed by atoms with E-state index in [1.54, 1.807) is 53.4 Å². The van der Waals surface area contributed by atoms with E-state index < -0.39 is 0 Å². The van der Waals surface area contributed by atoms with Gasteiger partial charge < -0.3 is 6.15 Å². The quantitative estimate of drug-likeness (QED) is 0.0623. The van der Waals surface area contributed by atoms with Crippen molar-refractivity contribution in [3.63, 3.8) is 0 Å². The smallest absolute Gasteiger partial charge is 0 e. The van der Waals surface area contributed by atoms with Crippen molar-refractivity contribution in [1.82, 2.24) is 6.15 Å². The molecule has 10 heteroatoms. The number of nitrogens with one attached hydrogen (secondary N) is 1. The van der Waals surface area contributed by atoms with Crippen LogP contribution in [0, 0.1) is 353 Å². The maximum absolute atomic E-state index is 6.86. The van der Waals surface area contributed by atoms with Crippen LogP contribution in [0.1, 0.15) is 69.7 Å². The summed E-state index contributed by atoms with van der Waals surface area (Å²) < 4.78 is 0. The summed E-state index contributed by atoms with van der Waals surface area (Å²) in [6, 6.07) is 0. The fourth-order valence-corrected chi connectivity index (χ4v) is 1.11. The van der Waals surface area contributed by atoms with Crippen LogP contribution in [-0.4, -0.2) is 0 Å². The third kappa shape index (κ3) is 384. The van der Waals surface area contributed by atoms with E-state index >= 15 is 0 Å². The van der Waals surface area contributed by atoms with E-state index in [9.17, 15) is 0 Å². The Morgan fingerprint density at radius 2 is 0.408 bits per heavy atom. The molecule has 6 nitrogen and oxygen atoms in total. The van der Waals surface area contributed by atoms with Crippen LogP contribution in [-0.2, 0) is 21.1 Å². The molecule has 0 aliphatic heterocycles. The maximum Gasteiger partial charge on any atom is 0 e. The number of terminal acetylenes is 10. The first kappa shape index (κ1) is 116. The van der Waals surface area contributed by atoms with Crippen LogP contribution in [0.2, 0.25) is 0 Å². The van der Waals surface area contributed by atoms with Crippen molar-refractivity contribution in [2.24, 2.45) is 0 Å². The average molecular weight is 1500 g/mol. The van der Waals surface area contributed by atoms with E-state index in [1.165, 1.54) is 0 Å². The fourth-order valence-electron chi connectivity index (χ4n) is 1.11. The fraction of sp³-hybridized carbons (Fsp3) is 0.152. The molecule has 0 spiro atoms. The van der Waals surface area contributed by atoms with E-state index in [0.717, 1.165) is 0 Å². The van der Waals surface area contributed by atoms with Crippen molar-refractivity contribution in [3.05, 3.63) is 10.4 Å². The second-order valence-electron chi connectivity index (χ2n) is 7.04. The van der Waals surface area contributed by atoms with E-state index in [4.69, 9.17) is 73.2 Å². The molecular formula is C66H47I3N6Pt. The Kier molecular flexibility index (Phi) is 315. The predicted octanol–water partition coefficient (Wildman–Crippen LogP) is 10.2. The van der Waals surface area contributed by atoms with Crippen LogP contribution < -0.4 is 6.15 Å². The Hall–Kier alpha value is -10.8. The van der Waals surface area contributed by atoms with Gasteiger partial charge in [0.05, 0.1) is 0 Å². The Bertz CT molecular complexity index is 3180. The van der Waals surface area contributed by atoms with E-state index in [-0.39, 0.29) is 58.6 Å². The number of rotatable bonds is 0. The molecule has 0 heterocycles. The van der Waals surface area contributed by atoms with Gasteiger partial charge >= 0.3 is 0 Å². The molecule has 0 amide bonds. The third-order valence-electron chi connectivity index (χ3n) is 2.89. The van der Waals surface area contributed by atoms with Gasteiger partial charge in [0, 0.05) is 69.1 Å². The molecule has 0 aromatic rings. The van der Waals surface area contributed by atoms with Crippen LogP contribution in [0.25, 0.3) is 10.4 Å². The summed E-state index contributed by atoms with van der Waals surface area (Å²) in [7, 11) is 0. The Labute approximate surface area is 516 Å². The van der Waals surface area contributed by atoms with Crippen LogP contribution in [0.15, 0.2) is 0 Å². The Morgan fingerprint density at radius 3 is 0.500 bits per heavy atom. The van der Waals surface area contributed by atoms with Crippen molar-refractivity contribution in [2.45, 2.75) is 69.7 Å². The van der Waals surface area contributed by atoms with Gasteiger partial charge in [-0.25, -0.2) is 0 Å². The number of hydrogen-bond donors (Lipinski definition) is 2. The van der Waals surface area contributed by atoms with Crippen LogP contribution >= 0.6 is 61.2 Å². The summed E-state index contributed by atoms with van der Waals surface area (Å²) in [6.07, 6.45) is 50.8. The molecule has 0 aromatic carbocycles. The van der Waals surface area contributed by atoms with E-state index in [0.29, 0.717) is 0 Å². The first-order chi connectivity index (χ1) is 35.1. The van der Waals surface area contributed by atoms with Crippen molar-refractivity contribution in [3.8, 4) is 337 Å². The van der Waals surface area contributed by atoms with Crippen molar-refractivity contribution < 1.29 is 21.1 Å². The molecule has 0 aliphatic carbocycles. The monoisotopic (exact) mass is 1500 g/mol. The van der Waals surface area contributed by atoms with Crippen molar-refractivity contribution in [2.75, 3.05) is 0 Å². The number of halogens is 3. The first-order valence-electron chi connectivity index (χ1n) is 17.2. The van der Waals surface area contributed by atoms with Gasteiger partial charge in [0.25, 0.3) is 0 Å². The van der Waals surface area contributed by atoms with E-state index in [2.05, 4.69) is 323 Å². The molecule has 4 N–H and O–H groups in total. The van der Waals surface area contributed by atoms with E-state index in [1.807, 2.05) is 13.8 Å². The van der Waals surface area contributed by atoms with Gasteiger partial charge in [0.2, 0.25) is 0 Å². The molecule has 0 unspecified atom stereocenters. The summed E-state index contributed by atoms with van der Waals surface area (Å²) in [5.74, 6) is 108. The Balaban J connectivity index is -0.0000000340. The summed E-state index contributed by atoms with van der Waals surface area (Å²) in [5.41, 5.74) is 12.2. The summed E-state index contributed by atoms with van der Waals surface area (Å²) >= 11 is 4.24. The molecule has 372 valence electrons. The van der Waals surface area contributed by atoms with Crippen LogP contribution in [0.4, 0.5) is 0 Å². The molecule has 76 heavy (non-hydrogen) atoms. The third-order valence-corrected chi connectivity index (χ3v) is 2.89. The van der Waals surface area contributed by atoms with Crippen LogP contribution in [0.5, 0.6) is 0 Å². The first-order valence-corrected chi connectivity index (χ1v) is 23.5. The zero-order chi connectivity index (χ0) is 58.5. The predicted molar refractivity (Wildman–Crippen MR) is 349 cm³/mol. The largest absolute Gasteiger partial charge is 0.344 e. The SMILES string of the molecule is C.C#C.C#CC.C#CC#CC.C#CC#CC#C.C#CC#CC#CC.C#CC#CC#CC#CC.C#CC#CC#CC#CC#C.C#CC#CC#CC#CC#CC.CC#CC.CC#CC#CC#CC.I.II.N.N#N.[N-]=[N+]=N.[Pt]. The summed E-state index contributed by atoms with van der Waals surface area (Å²) in [5, 5.41) is 12.0. The number of hydrogen-bond acceptors (Lipinski definition) is 4. The Morgan fingerprint density at radius 1 is 0.316 bits per heavy atom. The van der Waals surface area contributed by atoms with Gasteiger partial charge in [-0.15, -0.1) is 118 Å². The minimum absolute atomic E-state index is 0.